The van der Waals surface area contributed by atoms with E-state index in [9.17, 15) is 4.79 Å². The molecule has 1 aliphatic rings. The first-order chi connectivity index (χ1) is 17.0. The smallest absolute Gasteiger partial charge is 0.278 e. The molecule has 0 atom stereocenters. The molecule has 4 aromatic rings. The number of aromatic nitrogens is 6. The largest absolute Gasteiger partial charge is 0.324 e. The van der Waals surface area contributed by atoms with Crippen LogP contribution in [0.1, 0.15) is 71.5 Å². The molecule has 2 N–H and O–H groups in total. The van der Waals surface area contributed by atoms with Crippen molar-refractivity contribution in [1.29, 1.82) is 0 Å². The van der Waals surface area contributed by atoms with Gasteiger partial charge in [-0.05, 0) is 63.9 Å². The van der Waals surface area contributed by atoms with Crippen LogP contribution < -0.4 is 16.2 Å². The normalized spacial score (nSPS) is 15.3. The third kappa shape index (κ3) is 4.17. The van der Waals surface area contributed by atoms with E-state index in [4.69, 9.17) is 9.97 Å². The number of nitrogens with zero attached hydrogens (tertiary/aromatic N) is 6. The molecule has 0 spiro atoms. The summed E-state index contributed by atoms with van der Waals surface area (Å²) in [6, 6.07) is 8.07. The van der Waals surface area contributed by atoms with E-state index in [1.165, 1.54) is 11.1 Å². The maximum Gasteiger partial charge on any atom is 0.278 e. The summed E-state index contributed by atoms with van der Waals surface area (Å²) in [5.74, 6) is 1.72. The average Bonchev–Trinajstić information content (AvgIpc) is 3.10. The van der Waals surface area contributed by atoms with Crippen LogP contribution in [0.3, 0.4) is 0 Å². The lowest BCUT2D eigenvalue weighted by Gasteiger charge is -2.34. The molecule has 0 fully saturated rings. The van der Waals surface area contributed by atoms with Crippen molar-refractivity contribution in [3.05, 3.63) is 64.0 Å². The molecule has 0 radical (unpaired) electrons. The minimum Gasteiger partial charge on any atom is -0.324 e. The minimum atomic E-state index is -0.236. The van der Waals surface area contributed by atoms with Gasteiger partial charge in [0.25, 0.3) is 5.56 Å². The Hall–Kier alpha value is -3.59. The fourth-order valence-electron chi connectivity index (χ4n) is 4.80. The molecule has 0 saturated heterocycles. The molecule has 188 valence electrons. The van der Waals surface area contributed by atoms with Crippen LogP contribution in [0.4, 0.5) is 11.6 Å². The van der Waals surface area contributed by atoms with Crippen LogP contribution >= 0.6 is 0 Å². The second-order valence-corrected chi connectivity index (χ2v) is 11.3. The summed E-state index contributed by atoms with van der Waals surface area (Å²) in [7, 11) is 0. The summed E-state index contributed by atoms with van der Waals surface area (Å²) in [6.07, 6.45) is 4.29. The summed E-state index contributed by atoms with van der Waals surface area (Å²) in [5.41, 5.74) is 3.60. The van der Waals surface area contributed by atoms with Crippen LogP contribution in [0, 0.1) is 0 Å². The van der Waals surface area contributed by atoms with Gasteiger partial charge >= 0.3 is 0 Å². The summed E-state index contributed by atoms with van der Waals surface area (Å²) in [5, 5.41) is 7.36. The number of fused-ring (bicyclic) bond motifs is 2. The minimum absolute atomic E-state index is 0.0548. The lowest BCUT2D eigenvalue weighted by Crippen LogP contribution is -2.42. The first kappa shape index (κ1) is 24.1. The SMILES string of the molecule is CC(C)n1c(=O)c2cnc(Nc3ccc4c(c3)CCNC4(C)C)nc2n1-c1ccnc(C(C)(C)C)n1. The monoisotopic (exact) mass is 486 g/mol. The maximum absolute atomic E-state index is 13.3. The van der Waals surface area contributed by atoms with Crippen molar-refractivity contribution in [1.82, 2.24) is 34.6 Å². The van der Waals surface area contributed by atoms with E-state index >= 15 is 0 Å². The van der Waals surface area contributed by atoms with Crippen molar-refractivity contribution in [3.63, 3.8) is 0 Å². The van der Waals surface area contributed by atoms with Crippen LogP contribution in [0.15, 0.2) is 41.5 Å². The molecule has 0 unspecified atom stereocenters. The fourth-order valence-corrected chi connectivity index (χ4v) is 4.80. The van der Waals surface area contributed by atoms with Gasteiger partial charge in [0.1, 0.15) is 11.2 Å². The van der Waals surface area contributed by atoms with E-state index in [0.29, 0.717) is 28.6 Å². The molecule has 3 aromatic heterocycles. The lowest BCUT2D eigenvalue weighted by molar-refractivity contribution is 0.382. The Kier molecular flexibility index (Phi) is 5.70. The standard InChI is InChI=1S/C27H34N8O/c1-16(2)34-23(36)19-15-29-25(31-18-8-9-20-17(14-18)10-13-30-27(20,6)7)33-22(19)35(34)21-11-12-28-24(32-21)26(3,4)5/h8-9,11-12,14-16,30H,10,13H2,1-7H3,(H,29,31,33). The summed E-state index contributed by atoms with van der Waals surface area (Å²) >= 11 is 0. The van der Waals surface area contributed by atoms with Gasteiger partial charge in [0, 0.05) is 41.1 Å². The van der Waals surface area contributed by atoms with E-state index in [1.807, 2.05) is 26.0 Å². The van der Waals surface area contributed by atoms with Gasteiger partial charge in [0.15, 0.2) is 11.5 Å². The zero-order chi connectivity index (χ0) is 25.8. The number of nitrogens with one attached hydrogen (secondary N) is 2. The van der Waals surface area contributed by atoms with E-state index in [1.54, 1.807) is 21.8 Å². The number of hydrogen-bond acceptors (Lipinski definition) is 7. The van der Waals surface area contributed by atoms with Crippen molar-refractivity contribution in [3.8, 4) is 5.82 Å². The van der Waals surface area contributed by atoms with Crippen LogP contribution in [0.2, 0.25) is 0 Å². The quantitative estimate of drug-likeness (QED) is 0.441. The van der Waals surface area contributed by atoms with Gasteiger partial charge in [0.2, 0.25) is 5.95 Å². The highest BCUT2D eigenvalue weighted by Crippen LogP contribution is 2.31. The second-order valence-electron chi connectivity index (χ2n) is 11.3. The number of hydrogen-bond donors (Lipinski definition) is 2. The van der Waals surface area contributed by atoms with Crippen LogP contribution in [0.25, 0.3) is 16.9 Å². The van der Waals surface area contributed by atoms with Gasteiger partial charge in [-0.2, -0.15) is 4.98 Å². The number of rotatable bonds is 4. The maximum atomic E-state index is 13.3. The molecule has 1 aliphatic heterocycles. The molecule has 5 rings (SSSR count). The van der Waals surface area contributed by atoms with E-state index in [0.717, 1.165) is 18.7 Å². The molecule has 1 aromatic carbocycles. The highest BCUT2D eigenvalue weighted by Gasteiger charge is 2.27. The van der Waals surface area contributed by atoms with Gasteiger partial charge in [-0.15, -0.1) is 0 Å². The van der Waals surface area contributed by atoms with Gasteiger partial charge < -0.3 is 10.6 Å². The summed E-state index contributed by atoms with van der Waals surface area (Å²) in [4.78, 5) is 31.9. The highest BCUT2D eigenvalue weighted by atomic mass is 16.1. The highest BCUT2D eigenvalue weighted by molar-refractivity contribution is 5.77. The molecule has 9 heteroatoms. The number of benzene rings is 1. The second kappa shape index (κ2) is 8.51. The molecule has 9 nitrogen and oxygen atoms in total. The molecular weight excluding hydrogens is 452 g/mol. The molecule has 0 amide bonds. The topological polar surface area (TPSA) is 103 Å². The van der Waals surface area contributed by atoms with E-state index in [2.05, 4.69) is 67.4 Å². The predicted molar refractivity (Wildman–Crippen MR) is 142 cm³/mol. The summed E-state index contributed by atoms with van der Waals surface area (Å²) in [6.45, 7) is 15.5. The average molecular weight is 487 g/mol. The molecule has 4 heterocycles. The van der Waals surface area contributed by atoms with Crippen molar-refractivity contribution in [2.45, 2.75) is 71.9 Å². The first-order valence-corrected chi connectivity index (χ1v) is 12.5. The zero-order valence-electron chi connectivity index (χ0n) is 22.0. The van der Waals surface area contributed by atoms with Gasteiger partial charge in [0.05, 0.1) is 0 Å². The third-order valence-corrected chi connectivity index (χ3v) is 6.64. The van der Waals surface area contributed by atoms with Crippen molar-refractivity contribution in [2.75, 3.05) is 11.9 Å². The molecule has 0 bridgehead atoms. The molecule has 0 aliphatic carbocycles. The van der Waals surface area contributed by atoms with Crippen molar-refractivity contribution >= 4 is 22.7 Å². The van der Waals surface area contributed by atoms with Gasteiger partial charge in [-0.25, -0.2) is 24.3 Å². The van der Waals surface area contributed by atoms with Gasteiger partial charge in [-0.1, -0.05) is 26.8 Å². The Morgan fingerprint density at radius 3 is 2.61 bits per heavy atom. The van der Waals surface area contributed by atoms with Crippen LogP contribution in [0.5, 0.6) is 0 Å². The summed E-state index contributed by atoms with van der Waals surface area (Å²) < 4.78 is 3.46. The third-order valence-electron chi connectivity index (χ3n) is 6.64. The molecular formula is C27H34N8O. The Morgan fingerprint density at radius 2 is 1.89 bits per heavy atom. The Labute approximate surface area is 211 Å². The molecule has 36 heavy (non-hydrogen) atoms. The van der Waals surface area contributed by atoms with Crippen molar-refractivity contribution < 1.29 is 0 Å². The van der Waals surface area contributed by atoms with Crippen molar-refractivity contribution in [2.24, 2.45) is 0 Å². The zero-order valence-corrected chi connectivity index (χ0v) is 22.0. The fraction of sp³-hybridized carbons (Fsp3) is 0.444. The van der Waals surface area contributed by atoms with Gasteiger partial charge in [-0.3, -0.25) is 4.79 Å². The predicted octanol–water partition coefficient (Wildman–Crippen LogP) is 4.38. The van der Waals surface area contributed by atoms with Crippen LogP contribution in [-0.2, 0) is 17.4 Å². The van der Waals surface area contributed by atoms with E-state index < -0.39 is 0 Å². The van der Waals surface area contributed by atoms with Crippen LogP contribution in [-0.4, -0.2) is 35.8 Å². The molecule has 0 saturated carbocycles. The Balaban J connectivity index is 1.61. The van der Waals surface area contributed by atoms with E-state index in [-0.39, 0.29) is 22.6 Å². The Morgan fingerprint density at radius 1 is 1.11 bits per heavy atom. The lowest BCUT2D eigenvalue weighted by atomic mass is 9.85. The Bertz CT molecular complexity index is 1510. The number of anilines is 2. The first-order valence-electron chi connectivity index (χ1n) is 12.5.